The van der Waals surface area contributed by atoms with Crippen molar-refractivity contribution in [3.8, 4) is 11.5 Å². The molecule has 0 bridgehead atoms. The highest BCUT2D eigenvalue weighted by molar-refractivity contribution is 9.10. The second-order valence-corrected chi connectivity index (χ2v) is 6.99. The van der Waals surface area contributed by atoms with Gasteiger partial charge < -0.3 is 37.9 Å². The summed E-state index contributed by atoms with van der Waals surface area (Å²) in [7, 11) is 3.21. The molecule has 0 aliphatic carbocycles. The van der Waals surface area contributed by atoms with Crippen LogP contribution in [0.5, 0.6) is 11.5 Å². The van der Waals surface area contributed by atoms with E-state index in [9.17, 15) is 10.1 Å². The van der Waals surface area contributed by atoms with E-state index in [1.807, 2.05) is 0 Å². The molecule has 0 spiro atoms. The lowest BCUT2D eigenvalue weighted by molar-refractivity contribution is -0.386. The quantitative estimate of drug-likeness (QED) is 0.134. The van der Waals surface area contributed by atoms with Gasteiger partial charge in [0.15, 0.2) is 0 Å². The fourth-order valence-corrected chi connectivity index (χ4v) is 2.69. The van der Waals surface area contributed by atoms with Crippen molar-refractivity contribution in [3.05, 3.63) is 26.7 Å². The molecule has 0 atom stereocenters. The molecular formula is C20H32BrNO10. The molecule has 1 aromatic carbocycles. The van der Waals surface area contributed by atoms with Crippen LogP contribution >= 0.6 is 15.9 Å². The third-order valence-electron chi connectivity index (χ3n) is 3.79. The summed E-state index contributed by atoms with van der Waals surface area (Å²) in [5.74, 6) is 0.513. The van der Waals surface area contributed by atoms with E-state index in [4.69, 9.17) is 37.9 Å². The van der Waals surface area contributed by atoms with Gasteiger partial charge >= 0.3 is 5.69 Å². The molecular weight excluding hydrogens is 494 g/mol. The number of rotatable bonds is 21. The van der Waals surface area contributed by atoms with Crippen LogP contribution in [0, 0.1) is 10.1 Å². The summed E-state index contributed by atoms with van der Waals surface area (Å²) in [6.45, 7) is 4.80. The van der Waals surface area contributed by atoms with Crippen LogP contribution in [-0.2, 0) is 28.4 Å². The molecule has 1 aromatic rings. The molecule has 0 N–H and O–H groups in total. The van der Waals surface area contributed by atoms with Gasteiger partial charge in [0.1, 0.15) is 19.0 Å². The monoisotopic (exact) mass is 525 g/mol. The van der Waals surface area contributed by atoms with Crippen molar-refractivity contribution in [2.45, 2.75) is 0 Å². The average Bonchev–Trinajstić information content (AvgIpc) is 2.78. The summed E-state index contributed by atoms with van der Waals surface area (Å²) in [4.78, 5) is 10.8. The maximum atomic E-state index is 11.3. The molecule has 0 radical (unpaired) electrons. The fraction of sp³-hybridized carbons (Fsp3) is 0.700. The van der Waals surface area contributed by atoms with Gasteiger partial charge in [0.05, 0.1) is 75.5 Å². The average molecular weight is 526 g/mol. The standard InChI is InChI=1S/C20H32BrNO10/c1-25-3-5-27-7-9-29-11-13-31-19-16-20(18(22(23)24)15-17(19)21)32-14-12-30-10-8-28-6-4-26-2/h15-16H,3-14H2,1-2H3. The topological polar surface area (TPSA) is 117 Å². The van der Waals surface area contributed by atoms with Crippen molar-refractivity contribution in [1.82, 2.24) is 0 Å². The Bertz CT molecular complexity index is 635. The van der Waals surface area contributed by atoms with Crippen molar-refractivity contribution in [3.63, 3.8) is 0 Å². The van der Waals surface area contributed by atoms with Gasteiger partial charge in [-0.1, -0.05) is 0 Å². The van der Waals surface area contributed by atoms with E-state index in [0.29, 0.717) is 69.7 Å². The van der Waals surface area contributed by atoms with Crippen molar-refractivity contribution < 1.29 is 42.8 Å². The van der Waals surface area contributed by atoms with E-state index < -0.39 is 4.92 Å². The highest BCUT2D eigenvalue weighted by atomic mass is 79.9. The SMILES string of the molecule is COCCOCCOCCOc1cc(OCCOCCOCCOC)c([N+](=O)[O-])cc1Br. The van der Waals surface area contributed by atoms with Crippen LogP contribution in [-0.4, -0.2) is 98.4 Å². The third kappa shape index (κ3) is 13.1. The molecule has 184 valence electrons. The van der Waals surface area contributed by atoms with Crippen LogP contribution in [0.3, 0.4) is 0 Å². The summed E-state index contributed by atoms with van der Waals surface area (Å²) in [5.41, 5.74) is -0.170. The number of hydrogen-bond acceptors (Lipinski definition) is 10. The van der Waals surface area contributed by atoms with E-state index in [-0.39, 0.29) is 31.3 Å². The number of nitrogens with zero attached hydrogens (tertiary/aromatic N) is 1. The molecule has 0 saturated carbocycles. The first-order valence-corrected chi connectivity index (χ1v) is 10.9. The Kier molecular flexibility index (Phi) is 16.9. The lowest BCUT2D eigenvalue weighted by Gasteiger charge is -2.12. The number of hydrogen-bond donors (Lipinski definition) is 0. The predicted octanol–water partition coefficient (Wildman–Crippen LogP) is 2.47. The van der Waals surface area contributed by atoms with Gasteiger partial charge in [-0.15, -0.1) is 0 Å². The molecule has 0 amide bonds. The molecule has 11 nitrogen and oxygen atoms in total. The number of halogens is 1. The molecule has 1 rings (SSSR count). The van der Waals surface area contributed by atoms with Crippen molar-refractivity contribution in [2.75, 3.05) is 93.5 Å². The summed E-state index contributed by atoms with van der Waals surface area (Å²) in [5, 5.41) is 11.3. The van der Waals surface area contributed by atoms with Crippen LogP contribution in [0.4, 0.5) is 5.69 Å². The zero-order valence-electron chi connectivity index (χ0n) is 18.5. The molecule has 0 saturated heterocycles. The number of benzene rings is 1. The first-order valence-electron chi connectivity index (χ1n) is 10.1. The van der Waals surface area contributed by atoms with E-state index in [1.54, 1.807) is 14.2 Å². The van der Waals surface area contributed by atoms with E-state index in [1.165, 1.54) is 12.1 Å². The van der Waals surface area contributed by atoms with Crippen LogP contribution in [0.1, 0.15) is 0 Å². The minimum atomic E-state index is -0.513. The molecule has 0 heterocycles. The third-order valence-corrected chi connectivity index (χ3v) is 4.41. The van der Waals surface area contributed by atoms with E-state index in [0.717, 1.165) is 0 Å². The maximum Gasteiger partial charge on any atom is 0.312 e. The predicted molar refractivity (Wildman–Crippen MR) is 119 cm³/mol. The number of methoxy groups -OCH3 is 2. The Morgan fingerprint density at radius 2 is 1.09 bits per heavy atom. The smallest absolute Gasteiger partial charge is 0.312 e. The van der Waals surface area contributed by atoms with Gasteiger partial charge in [-0.2, -0.15) is 0 Å². The minimum Gasteiger partial charge on any atom is -0.490 e. The lowest BCUT2D eigenvalue weighted by Crippen LogP contribution is -2.13. The zero-order chi connectivity index (χ0) is 23.4. The second kappa shape index (κ2) is 19.0. The summed E-state index contributed by atoms with van der Waals surface area (Å²) >= 11 is 3.29. The van der Waals surface area contributed by atoms with Gasteiger partial charge in [0, 0.05) is 26.4 Å². The molecule has 0 aliphatic heterocycles. The van der Waals surface area contributed by atoms with E-state index >= 15 is 0 Å². The van der Waals surface area contributed by atoms with Crippen LogP contribution < -0.4 is 9.47 Å². The molecule has 0 unspecified atom stereocenters. The van der Waals surface area contributed by atoms with Crippen LogP contribution in [0.15, 0.2) is 16.6 Å². The maximum absolute atomic E-state index is 11.3. The number of nitro benzene ring substituents is 1. The Balaban J connectivity index is 2.37. The fourth-order valence-electron chi connectivity index (χ4n) is 2.24. The highest BCUT2D eigenvalue weighted by Crippen LogP contribution is 2.37. The minimum absolute atomic E-state index is 0.0978. The van der Waals surface area contributed by atoms with Gasteiger partial charge in [-0.3, -0.25) is 10.1 Å². The summed E-state index contributed by atoms with van der Waals surface area (Å²) in [6, 6.07) is 2.82. The van der Waals surface area contributed by atoms with Gasteiger partial charge in [-0.05, 0) is 15.9 Å². The molecule has 32 heavy (non-hydrogen) atoms. The molecule has 0 fully saturated rings. The van der Waals surface area contributed by atoms with E-state index in [2.05, 4.69) is 15.9 Å². The molecule has 0 aliphatic rings. The van der Waals surface area contributed by atoms with Gasteiger partial charge in [-0.25, -0.2) is 0 Å². The largest absolute Gasteiger partial charge is 0.490 e. The van der Waals surface area contributed by atoms with Crippen LogP contribution in [0.2, 0.25) is 0 Å². The second-order valence-electron chi connectivity index (χ2n) is 6.14. The summed E-state index contributed by atoms with van der Waals surface area (Å²) in [6.07, 6.45) is 0. The first-order chi connectivity index (χ1) is 15.6. The summed E-state index contributed by atoms with van der Waals surface area (Å²) < 4.78 is 42.8. The Morgan fingerprint density at radius 1 is 0.688 bits per heavy atom. The highest BCUT2D eigenvalue weighted by Gasteiger charge is 2.19. The van der Waals surface area contributed by atoms with Crippen molar-refractivity contribution >= 4 is 21.6 Å². The van der Waals surface area contributed by atoms with Crippen molar-refractivity contribution in [2.24, 2.45) is 0 Å². The Hall–Kier alpha value is -1.54. The molecule has 0 aromatic heterocycles. The molecule has 12 heteroatoms. The number of nitro groups is 1. The lowest BCUT2D eigenvalue weighted by atomic mass is 10.3. The Morgan fingerprint density at radius 3 is 1.53 bits per heavy atom. The van der Waals surface area contributed by atoms with Gasteiger partial charge in [0.25, 0.3) is 0 Å². The normalized spacial score (nSPS) is 11.0. The number of ether oxygens (including phenoxy) is 8. The Labute approximate surface area is 196 Å². The zero-order valence-corrected chi connectivity index (χ0v) is 20.1. The van der Waals surface area contributed by atoms with Crippen LogP contribution in [0.25, 0.3) is 0 Å². The first kappa shape index (κ1) is 28.5. The van der Waals surface area contributed by atoms with Gasteiger partial charge in [0.2, 0.25) is 5.75 Å². The van der Waals surface area contributed by atoms with Crippen molar-refractivity contribution in [1.29, 1.82) is 0 Å².